The molecule has 4 heteroatoms. The van der Waals surface area contributed by atoms with Crippen molar-refractivity contribution in [3.63, 3.8) is 0 Å². The molecule has 1 fully saturated rings. The smallest absolute Gasteiger partial charge is 0.0399 e. The first-order valence-electron chi connectivity index (χ1n) is 8.16. The van der Waals surface area contributed by atoms with Crippen molar-refractivity contribution < 1.29 is 0 Å². The number of rotatable bonds is 7. The molecule has 21 heavy (non-hydrogen) atoms. The second-order valence-electron chi connectivity index (χ2n) is 5.94. The van der Waals surface area contributed by atoms with Crippen molar-refractivity contribution in [1.82, 2.24) is 10.2 Å². The molecule has 118 valence electrons. The third kappa shape index (κ3) is 4.70. The maximum absolute atomic E-state index is 5.47. The van der Waals surface area contributed by atoms with Gasteiger partial charge in [0.15, 0.2) is 0 Å². The first kappa shape index (κ1) is 16.3. The number of piperazine rings is 1. The Bertz CT molecular complexity index is 425. The zero-order valence-corrected chi connectivity index (χ0v) is 13.6. The molecule has 0 atom stereocenters. The van der Waals surface area contributed by atoms with E-state index in [1.165, 1.54) is 42.9 Å². The maximum atomic E-state index is 5.47. The van der Waals surface area contributed by atoms with Crippen molar-refractivity contribution in [3.8, 4) is 0 Å². The molecule has 1 aliphatic rings. The standard InChI is InChI=1S/C17H30N4/c1-15-5-3-6-17(16(15)2)21-13-11-20(12-14-21)10-4-8-19-9-7-18/h3,5-6,19H,4,7-14,18H2,1-2H3. The van der Waals surface area contributed by atoms with Crippen LogP contribution in [-0.4, -0.2) is 57.3 Å². The van der Waals surface area contributed by atoms with E-state index in [9.17, 15) is 0 Å². The molecule has 1 heterocycles. The van der Waals surface area contributed by atoms with Crippen LogP contribution in [0.2, 0.25) is 0 Å². The van der Waals surface area contributed by atoms with Crippen molar-refractivity contribution >= 4 is 5.69 Å². The van der Waals surface area contributed by atoms with Crippen molar-refractivity contribution in [3.05, 3.63) is 29.3 Å². The molecule has 0 amide bonds. The number of hydrogen-bond donors (Lipinski definition) is 2. The van der Waals surface area contributed by atoms with Crippen molar-refractivity contribution in [2.75, 3.05) is 57.3 Å². The van der Waals surface area contributed by atoms with Crippen LogP contribution in [0.5, 0.6) is 0 Å². The van der Waals surface area contributed by atoms with Gasteiger partial charge in [-0.15, -0.1) is 0 Å². The van der Waals surface area contributed by atoms with Gasteiger partial charge in [0.2, 0.25) is 0 Å². The fourth-order valence-corrected chi connectivity index (χ4v) is 2.95. The highest BCUT2D eigenvalue weighted by molar-refractivity contribution is 5.56. The van der Waals surface area contributed by atoms with E-state index in [0.29, 0.717) is 0 Å². The lowest BCUT2D eigenvalue weighted by Gasteiger charge is -2.37. The minimum atomic E-state index is 0.731. The normalized spacial score (nSPS) is 16.4. The van der Waals surface area contributed by atoms with Gasteiger partial charge in [-0.1, -0.05) is 12.1 Å². The van der Waals surface area contributed by atoms with E-state index in [1.807, 2.05) is 0 Å². The average molecular weight is 290 g/mol. The van der Waals surface area contributed by atoms with E-state index in [-0.39, 0.29) is 0 Å². The monoisotopic (exact) mass is 290 g/mol. The summed E-state index contributed by atoms with van der Waals surface area (Å²) in [6, 6.07) is 6.63. The number of benzene rings is 1. The van der Waals surface area contributed by atoms with E-state index in [2.05, 4.69) is 47.2 Å². The summed E-state index contributed by atoms with van der Waals surface area (Å²) in [5.74, 6) is 0. The van der Waals surface area contributed by atoms with E-state index < -0.39 is 0 Å². The molecule has 1 aromatic rings. The van der Waals surface area contributed by atoms with E-state index in [1.54, 1.807) is 0 Å². The summed E-state index contributed by atoms with van der Waals surface area (Å²) >= 11 is 0. The molecule has 0 unspecified atom stereocenters. The zero-order chi connectivity index (χ0) is 15.1. The van der Waals surface area contributed by atoms with Crippen LogP contribution in [-0.2, 0) is 0 Å². The van der Waals surface area contributed by atoms with Crippen molar-refractivity contribution in [1.29, 1.82) is 0 Å². The predicted octanol–water partition coefficient (Wildman–Crippen LogP) is 1.36. The summed E-state index contributed by atoms with van der Waals surface area (Å²) in [5.41, 5.74) is 9.70. The number of nitrogens with zero attached hydrogens (tertiary/aromatic N) is 2. The molecule has 0 radical (unpaired) electrons. The number of anilines is 1. The lowest BCUT2D eigenvalue weighted by atomic mass is 10.1. The summed E-state index contributed by atoms with van der Waals surface area (Å²) in [6.45, 7) is 13.0. The Labute approximate surface area is 129 Å². The fraction of sp³-hybridized carbons (Fsp3) is 0.647. The zero-order valence-electron chi connectivity index (χ0n) is 13.6. The predicted molar refractivity (Wildman–Crippen MR) is 91.1 cm³/mol. The number of nitrogens with one attached hydrogen (secondary N) is 1. The van der Waals surface area contributed by atoms with Gasteiger partial charge in [-0.2, -0.15) is 0 Å². The molecule has 3 N–H and O–H groups in total. The van der Waals surface area contributed by atoms with Gasteiger partial charge < -0.3 is 16.0 Å². The molecule has 1 aromatic carbocycles. The Morgan fingerprint density at radius 2 is 1.86 bits per heavy atom. The van der Waals surface area contributed by atoms with Gasteiger partial charge in [0, 0.05) is 45.0 Å². The molecule has 0 aromatic heterocycles. The Hall–Kier alpha value is -1.10. The largest absolute Gasteiger partial charge is 0.369 e. The Morgan fingerprint density at radius 1 is 1.10 bits per heavy atom. The highest BCUT2D eigenvalue weighted by atomic mass is 15.3. The van der Waals surface area contributed by atoms with E-state index in [4.69, 9.17) is 5.73 Å². The second-order valence-corrected chi connectivity index (χ2v) is 5.94. The highest BCUT2D eigenvalue weighted by Crippen LogP contribution is 2.23. The summed E-state index contributed by atoms with van der Waals surface area (Å²) < 4.78 is 0. The molecule has 4 nitrogen and oxygen atoms in total. The van der Waals surface area contributed by atoms with Gasteiger partial charge in [-0.05, 0) is 50.6 Å². The Kier molecular flexibility index (Phi) is 6.49. The molecule has 0 spiro atoms. The van der Waals surface area contributed by atoms with Crippen LogP contribution in [0.1, 0.15) is 17.5 Å². The minimum Gasteiger partial charge on any atom is -0.369 e. The fourth-order valence-electron chi connectivity index (χ4n) is 2.95. The van der Waals surface area contributed by atoms with Gasteiger partial charge in [-0.3, -0.25) is 4.90 Å². The number of hydrogen-bond acceptors (Lipinski definition) is 4. The molecule has 0 aliphatic carbocycles. The Balaban J connectivity index is 1.74. The third-order valence-corrected chi connectivity index (χ3v) is 4.44. The first-order chi connectivity index (χ1) is 10.2. The summed E-state index contributed by atoms with van der Waals surface area (Å²) in [4.78, 5) is 5.11. The molecule has 0 saturated carbocycles. The highest BCUT2D eigenvalue weighted by Gasteiger charge is 2.18. The third-order valence-electron chi connectivity index (χ3n) is 4.44. The molecule has 2 rings (SSSR count). The molecule has 1 saturated heterocycles. The summed E-state index contributed by atoms with van der Waals surface area (Å²) in [6.07, 6.45) is 1.21. The van der Waals surface area contributed by atoms with E-state index >= 15 is 0 Å². The molecule has 0 bridgehead atoms. The SMILES string of the molecule is Cc1cccc(N2CCN(CCCNCCN)CC2)c1C. The molecular weight excluding hydrogens is 260 g/mol. The summed E-state index contributed by atoms with van der Waals surface area (Å²) in [5, 5.41) is 3.36. The molecule has 1 aliphatic heterocycles. The van der Waals surface area contributed by atoms with Gasteiger partial charge in [-0.25, -0.2) is 0 Å². The molecular formula is C17H30N4. The van der Waals surface area contributed by atoms with Crippen LogP contribution in [0, 0.1) is 13.8 Å². The van der Waals surface area contributed by atoms with Crippen LogP contribution in [0.4, 0.5) is 5.69 Å². The van der Waals surface area contributed by atoms with Gasteiger partial charge in [0.1, 0.15) is 0 Å². The quantitative estimate of drug-likeness (QED) is 0.744. The van der Waals surface area contributed by atoms with Crippen molar-refractivity contribution in [2.24, 2.45) is 5.73 Å². The number of aryl methyl sites for hydroxylation is 1. The van der Waals surface area contributed by atoms with Gasteiger partial charge in [0.25, 0.3) is 0 Å². The van der Waals surface area contributed by atoms with Crippen LogP contribution < -0.4 is 16.0 Å². The van der Waals surface area contributed by atoms with E-state index in [0.717, 1.165) is 32.7 Å². The Morgan fingerprint density at radius 3 is 2.57 bits per heavy atom. The topological polar surface area (TPSA) is 44.5 Å². The van der Waals surface area contributed by atoms with Crippen LogP contribution in [0.3, 0.4) is 0 Å². The van der Waals surface area contributed by atoms with Crippen molar-refractivity contribution in [2.45, 2.75) is 20.3 Å². The minimum absolute atomic E-state index is 0.731. The lowest BCUT2D eigenvalue weighted by Crippen LogP contribution is -2.47. The first-order valence-corrected chi connectivity index (χ1v) is 8.16. The van der Waals surface area contributed by atoms with Crippen LogP contribution in [0.25, 0.3) is 0 Å². The maximum Gasteiger partial charge on any atom is 0.0399 e. The average Bonchev–Trinajstić information content (AvgIpc) is 2.51. The lowest BCUT2D eigenvalue weighted by molar-refractivity contribution is 0.254. The van der Waals surface area contributed by atoms with Gasteiger partial charge >= 0.3 is 0 Å². The second kappa shape index (κ2) is 8.37. The van der Waals surface area contributed by atoms with Crippen LogP contribution >= 0.6 is 0 Å². The summed E-state index contributed by atoms with van der Waals surface area (Å²) in [7, 11) is 0. The number of nitrogens with two attached hydrogens (primary N) is 1. The van der Waals surface area contributed by atoms with Crippen LogP contribution in [0.15, 0.2) is 18.2 Å². The van der Waals surface area contributed by atoms with Gasteiger partial charge in [0.05, 0.1) is 0 Å².